The number of nitrogens with two attached hydrogens (primary N) is 1. The van der Waals surface area contributed by atoms with Gasteiger partial charge >= 0.3 is 0 Å². The molecule has 1 aromatic carbocycles. The Bertz CT molecular complexity index is 661. The van der Waals surface area contributed by atoms with E-state index in [1.165, 1.54) is 6.07 Å². The monoisotopic (exact) mass is 308 g/mol. The first-order valence-electron chi connectivity index (χ1n) is 5.20. The van der Waals surface area contributed by atoms with Crippen LogP contribution in [0.5, 0.6) is 0 Å². The third kappa shape index (κ3) is 2.18. The molecule has 2 rings (SSSR count). The highest BCUT2D eigenvalue weighted by molar-refractivity contribution is 6.17. The van der Waals surface area contributed by atoms with Gasteiger partial charge in [-0.2, -0.15) is 0 Å². The first-order chi connectivity index (χ1) is 9.38. The zero-order valence-electron chi connectivity index (χ0n) is 9.65. The molecule has 2 nitrogen and oxygen atoms in total. The van der Waals surface area contributed by atoms with Gasteiger partial charge in [0.2, 0.25) is 5.82 Å². The van der Waals surface area contributed by atoms with Gasteiger partial charge in [-0.25, -0.2) is 22.0 Å². The third-order valence-corrected chi connectivity index (χ3v) is 2.87. The van der Waals surface area contributed by atoms with Gasteiger partial charge in [-0.3, -0.25) is 4.98 Å². The Morgan fingerprint density at radius 2 is 1.45 bits per heavy atom. The molecule has 0 fully saturated rings. The molecule has 20 heavy (non-hydrogen) atoms. The lowest BCUT2D eigenvalue weighted by atomic mass is 10.0. The van der Waals surface area contributed by atoms with E-state index in [1.54, 1.807) is 0 Å². The second kappa shape index (κ2) is 5.24. The van der Waals surface area contributed by atoms with E-state index in [4.69, 9.17) is 17.3 Å². The van der Waals surface area contributed by atoms with Crippen molar-refractivity contribution in [1.82, 2.24) is 4.98 Å². The molecule has 0 amide bonds. The molecule has 1 aromatic heterocycles. The van der Waals surface area contributed by atoms with E-state index >= 15 is 0 Å². The summed E-state index contributed by atoms with van der Waals surface area (Å²) in [5.41, 5.74) is 4.05. The van der Waals surface area contributed by atoms with E-state index in [1.807, 2.05) is 0 Å². The van der Waals surface area contributed by atoms with Crippen LogP contribution >= 0.6 is 11.6 Å². The topological polar surface area (TPSA) is 38.9 Å². The van der Waals surface area contributed by atoms with Crippen molar-refractivity contribution in [2.24, 2.45) is 0 Å². The van der Waals surface area contributed by atoms with Crippen molar-refractivity contribution in [2.45, 2.75) is 5.88 Å². The summed E-state index contributed by atoms with van der Waals surface area (Å²) in [4.78, 5) is 3.61. The number of alkyl halides is 1. The van der Waals surface area contributed by atoms with E-state index in [9.17, 15) is 22.0 Å². The molecule has 2 N–H and O–H groups in total. The van der Waals surface area contributed by atoms with Gasteiger partial charge < -0.3 is 5.73 Å². The molecule has 0 atom stereocenters. The molecular formula is C12H6ClF5N2. The minimum absolute atomic E-state index is 0.0508. The fraction of sp³-hybridized carbons (Fsp3) is 0.0833. The lowest BCUT2D eigenvalue weighted by Crippen LogP contribution is -2.06. The standard InChI is InChI=1S/C12H6ClF5N2/c13-2-4-1-5(19)3-20-12(4)6-7(14)9(16)11(18)10(17)8(6)15/h1,3H,2,19H2. The maximum atomic E-state index is 13.7. The molecule has 0 bridgehead atoms. The van der Waals surface area contributed by atoms with Crippen molar-refractivity contribution in [3.05, 3.63) is 46.9 Å². The van der Waals surface area contributed by atoms with Crippen molar-refractivity contribution in [1.29, 1.82) is 0 Å². The minimum Gasteiger partial charge on any atom is -0.397 e. The number of halogens is 6. The number of nitrogens with zero attached hydrogens (tertiary/aromatic N) is 1. The van der Waals surface area contributed by atoms with Gasteiger partial charge in [0.1, 0.15) is 0 Å². The molecule has 0 spiro atoms. The van der Waals surface area contributed by atoms with E-state index < -0.39 is 40.3 Å². The molecule has 8 heteroatoms. The Morgan fingerprint density at radius 3 is 1.95 bits per heavy atom. The fourth-order valence-corrected chi connectivity index (χ4v) is 1.87. The normalized spacial score (nSPS) is 10.9. The zero-order chi connectivity index (χ0) is 15.0. The van der Waals surface area contributed by atoms with Crippen LogP contribution in [0.4, 0.5) is 27.6 Å². The van der Waals surface area contributed by atoms with Gasteiger partial charge in [0.05, 0.1) is 23.1 Å². The molecule has 2 aromatic rings. The van der Waals surface area contributed by atoms with E-state index in [-0.39, 0.29) is 17.1 Å². The van der Waals surface area contributed by atoms with Crippen molar-refractivity contribution in [3.63, 3.8) is 0 Å². The Morgan fingerprint density at radius 1 is 0.950 bits per heavy atom. The number of hydrogen-bond acceptors (Lipinski definition) is 2. The number of rotatable bonds is 2. The van der Waals surface area contributed by atoms with Gasteiger partial charge in [0.25, 0.3) is 0 Å². The minimum atomic E-state index is -2.23. The molecule has 0 saturated heterocycles. The summed E-state index contributed by atoms with van der Waals surface area (Å²) in [6.07, 6.45) is 1.03. The van der Waals surface area contributed by atoms with Gasteiger partial charge in [0.15, 0.2) is 23.3 Å². The Labute approximate surface area is 115 Å². The number of aromatic nitrogens is 1. The first-order valence-corrected chi connectivity index (χ1v) is 5.74. The van der Waals surface area contributed by atoms with Crippen molar-refractivity contribution < 1.29 is 22.0 Å². The molecule has 0 aliphatic rings. The second-order valence-corrected chi connectivity index (χ2v) is 4.12. The zero-order valence-corrected chi connectivity index (χ0v) is 10.4. The molecule has 0 aliphatic heterocycles. The Kier molecular flexibility index (Phi) is 3.80. The van der Waals surface area contributed by atoms with Crippen LogP contribution in [0.15, 0.2) is 12.3 Å². The number of benzene rings is 1. The molecule has 0 saturated carbocycles. The van der Waals surface area contributed by atoms with E-state index in [0.29, 0.717) is 0 Å². The highest BCUT2D eigenvalue weighted by Crippen LogP contribution is 2.33. The molecule has 0 aliphatic carbocycles. The maximum absolute atomic E-state index is 13.7. The van der Waals surface area contributed by atoms with E-state index in [2.05, 4.69) is 4.98 Å². The van der Waals surface area contributed by atoms with Crippen LogP contribution in [-0.2, 0) is 5.88 Å². The van der Waals surface area contributed by atoms with Crippen LogP contribution in [0, 0.1) is 29.1 Å². The Balaban J connectivity index is 2.83. The predicted octanol–water partition coefficient (Wildman–Crippen LogP) is 3.77. The van der Waals surface area contributed by atoms with Gasteiger partial charge in [-0.05, 0) is 11.6 Å². The number of pyridine rings is 1. The van der Waals surface area contributed by atoms with E-state index in [0.717, 1.165) is 6.20 Å². The summed E-state index contributed by atoms with van der Waals surface area (Å²) in [5.74, 6) is -10.5. The fourth-order valence-electron chi connectivity index (χ4n) is 1.67. The van der Waals surface area contributed by atoms with Crippen molar-refractivity contribution in [2.75, 3.05) is 5.73 Å². The summed E-state index contributed by atoms with van der Waals surface area (Å²) in [6, 6.07) is 1.24. The average molecular weight is 309 g/mol. The molecule has 1 heterocycles. The van der Waals surface area contributed by atoms with Crippen molar-refractivity contribution >= 4 is 17.3 Å². The van der Waals surface area contributed by atoms with Crippen LogP contribution in [0.3, 0.4) is 0 Å². The Hall–Kier alpha value is -1.89. The summed E-state index contributed by atoms with van der Waals surface area (Å²) in [7, 11) is 0. The predicted molar refractivity (Wildman–Crippen MR) is 63.4 cm³/mol. The highest BCUT2D eigenvalue weighted by atomic mass is 35.5. The van der Waals surface area contributed by atoms with Crippen LogP contribution in [0.1, 0.15) is 5.56 Å². The maximum Gasteiger partial charge on any atom is 0.200 e. The van der Waals surface area contributed by atoms with Crippen molar-refractivity contribution in [3.8, 4) is 11.3 Å². The molecule has 0 unspecified atom stereocenters. The van der Waals surface area contributed by atoms with Crippen LogP contribution in [0.2, 0.25) is 0 Å². The summed E-state index contributed by atoms with van der Waals surface area (Å²) in [6.45, 7) is 0. The lowest BCUT2D eigenvalue weighted by Gasteiger charge is -2.11. The molecule has 106 valence electrons. The van der Waals surface area contributed by atoms with Crippen LogP contribution in [-0.4, -0.2) is 4.98 Å². The van der Waals surface area contributed by atoms with Crippen LogP contribution < -0.4 is 5.73 Å². The van der Waals surface area contributed by atoms with Gasteiger partial charge in [0, 0.05) is 5.88 Å². The third-order valence-electron chi connectivity index (χ3n) is 2.58. The van der Waals surface area contributed by atoms with Crippen LogP contribution in [0.25, 0.3) is 11.3 Å². The summed E-state index contributed by atoms with van der Waals surface area (Å²) >= 11 is 5.57. The molecular weight excluding hydrogens is 303 g/mol. The smallest absolute Gasteiger partial charge is 0.200 e. The number of nitrogen functional groups attached to an aromatic ring is 1. The quantitative estimate of drug-likeness (QED) is 0.397. The molecule has 0 radical (unpaired) electrons. The second-order valence-electron chi connectivity index (χ2n) is 3.85. The van der Waals surface area contributed by atoms with Gasteiger partial charge in [-0.15, -0.1) is 11.6 Å². The average Bonchev–Trinajstić information content (AvgIpc) is 2.44. The summed E-state index contributed by atoms with van der Waals surface area (Å²) < 4.78 is 66.6. The summed E-state index contributed by atoms with van der Waals surface area (Å²) in [5, 5.41) is 0. The highest BCUT2D eigenvalue weighted by Gasteiger charge is 2.28. The lowest BCUT2D eigenvalue weighted by molar-refractivity contribution is 0.381. The largest absolute Gasteiger partial charge is 0.397 e. The SMILES string of the molecule is Nc1cnc(-c2c(F)c(F)c(F)c(F)c2F)c(CCl)c1. The first kappa shape index (κ1) is 14.5. The van der Waals surface area contributed by atoms with Gasteiger partial charge in [-0.1, -0.05) is 0 Å². The number of anilines is 1. The number of hydrogen-bond donors (Lipinski definition) is 1.